The van der Waals surface area contributed by atoms with Crippen molar-refractivity contribution in [2.24, 2.45) is 0 Å². The molecule has 0 aliphatic heterocycles. The fourth-order valence-corrected chi connectivity index (χ4v) is 3.37. The molecule has 0 aliphatic rings. The van der Waals surface area contributed by atoms with Crippen molar-refractivity contribution in [3.05, 3.63) is 70.6 Å². The Morgan fingerprint density at radius 2 is 2.08 bits per heavy atom. The predicted octanol–water partition coefficient (Wildman–Crippen LogP) is 4.81. The molecular formula is C20H20ClN3O. The molecule has 0 N–H and O–H groups in total. The van der Waals surface area contributed by atoms with E-state index in [-0.39, 0.29) is 11.9 Å². The molecule has 1 amide bonds. The Morgan fingerprint density at radius 1 is 1.28 bits per heavy atom. The van der Waals surface area contributed by atoms with E-state index in [0.717, 1.165) is 23.1 Å². The van der Waals surface area contributed by atoms with Crippen molar-refractivity contribution in [2.75, 3.05) is 7.05 Å². The highest BCUT2D eigenvalue weighted by Gasteiger charge is 2.23. The number of nitrogens with zero attached hydrogens (tertiary/aromatic N) is 3. The van der Waals surface area contributed by atoms with Crippen LogP contribution in [0, 0.1) is 6.92 Å². The molecule has 2 heterocycles. The van der Waals surface area contributed by atoms with Crippen LogP contribution in [-0.2, 0) is 0 Å². The Bertz CT molecular complexity index is 911. The molecule has 0 saturated carbocycles. The van der Waals surface area contributed by atoms with E-state index in [1.54, 1.807) is 17.2 Å². The number of carbonyl (C=O) groups is 1. The van der Waals surface area contributed by atoms with Crippen LogP contribution in [0.25, 0.3) is 10.9 Å². The average molecular weight is 354 g/mol. The first-order valence-corrected chi connectivity index (χ1v) is 8.63. The zero-order valence-electron chi connectivity index (χ0n) is 14.5. The molecule has 1 unspecified atom stereocenters. The van der Waals surface area contributed by atoms with Crippen molar-refractivity contribution in [1.29, 1.82) is 0 Å². The van der Waals surface area contributed by atoms with Crippen LogP contribution in [0.5, 0.6) is 0 Å². The largest absolute Gasteiger partial charge is 0.335 e. The molecule has 3 aromatic rings. The number of rotatable bonds is 4. The molecule has 128 valence electrons. The fourth-order valence-electron chi connectivity index (χ4n) is 3.16. The lowest BCUT2D eigenvalue weighted by molar-refractivity contribution is 0.0727. The highest BCUT2D eigenvalue weighted by Crippen LogP contribution is 2.29. The van der Waals surface area contributed by atoms with Crippen molar-refractivity contribution in [2.45, 2.75) is 26.3 Å². The van der Waals surface area contributed by atoms with Crippen LogP contribution in [0.4, 0.5) is 0 Å². The molecule has 0 spiro atoms. The minimum atomic E-state index is -0.0477. The first-order valence-electron chi connectivity index (χ1n) is 8.26. The molecule has 0 aliphatic carbocycles. The van der Waals surface area contributed by atoms with Crippen LogP contribution in [-0.4, -0.2) is 27.8 Å². The molecule has 4 nitrogen and oxygen atoms in total. The molecule has 25 heavy (non-hydrogen) atoms. The molecule has 0 fully saturated rings. The monoisotopic (exact) mass is 353 g/mol. The van der Waals surface area contributed by atoms with Crippen LogP contribution in [0.2, 0.25) is 5.02 Å². The maximum Gasteiger partial charge on any atom is 0.254 e. The van der Waals surface area contributed by atoms with E-state index in [4.69, 9.17) is 11.6 Å². The van der Waals surface area contributed by atoms with Gasteiger partial charge >= 0.3 is 0 Å². The van der Waals surface area contributed by atoms with Gasteiger partial charge in [0.1, 0.15) is 0 Å². The topological polar surface area (TPSA) is 46.1 Å². The Labute approximate surface area is 152 Å². The second-order valence-electron chi connectivity index (χ2n) is 6.07. The standard InChI is InChI=1S/C20H20ClN3O/c1-4-18(14-7-6-10-22-12-14)24(3)20(25)16-11-13(2)23-19-15(16)8-5-9-17(19)21/h5-12,18H,4H2,1-3H3. The van der Waals surface area contributed by atoms with Gasteiger partial charge in [0.25, 0.3) is 5.91 Å². The molecule has 0 radical (unpaired) electrons. The van der Waals surface area contributed by atoms with E-state index in [2.05, 4.69) is 16.9 Å². The minimum absolute atomic E-state index is 0.0381. The second kappa shape index (κ2) is 7.19. The van der Waals surface area contributed by atoms with Gasteiger partial charge in [-0.1, -0.05) is 36.7 Å². The van der Waals surface area contributed by atoms with Crippen LogP contribution in [0.1, 0.15) is 41.0 Å². The lowest BCUT2D eigenvalue weighted by Crippen LogP contribution is -2.31. The average Bonchev–Trinajstić information content (AvgIpc) is 2.63. The van der Waals surface area contributed by atoms with Gasteiger partial charge in [0.2, 0.25) is 0 Å². The third-order valence-electron chi connectivity index (χ3n) is 4.39. The third kappa shape index (κ3) is 3.35. The number of carbonyl (C=O) groups excluding carboxylic acids is 1. The van der Waals surface area contributed by atoms with Crippen LogP contribution in [0.3, 0.4) is 0 Å². The quantitative estimate of drug-likeness (QED) is 0.675. The van der Waals surface area contributed by atoms with Gasteiger partial charge < -0.3 is 4.90 Å². The highest BCUT2D eigenvalue weighted by molar-refractivity contribution is 6.35. The SMILES string of the molecule is CCC(c1cccnc1)N(C)C(=O)c1cc(C)nc2c(Cl)cccc12. The number of hydrogen-bond donors (Lipinski definition) is 0. The number of halogens is 1. The summed E-state index contributed by atoms with van der Waals surface area (Å²) in [6.07, 6.45) is 4.35. The van der Waals surface area contributed by atoms with E-state index in [1.807, 2.05) is 50.5 Å². The summed E-state index contributed by atoms with van der Waals surface area (Å²) < 4.78 is 0. The molecule has 3 rings (SSSR count). The van der Waals surface area contributed by atoms with Crippen molar-refractivity contribution < 1.29 is 4.79 Å². The lowest BCUT2D eigenvalue weighted by Gasteiger charge is -2.28. The summed E-state index contributed by atoms with van der Waals surface area (Å²) in [5.41, 5.74) is 3.07. The van der Waals surface area contributed by atoms with E-state index in [0.29, 0.717) is 16.1 Å². The van der Waals surface area contributed by atoms with Crippen molar-refractivity contribution in [3.8, 4) is 0 Å². The van der Waals surface area contributed by atoms with Gasteiger partial charge in [-0.15, -0.1) is 0 Å². The molecule has 1 aromatic carbocycles. The van der Waals surface area contributed by atoms with Crippen molar-refractivity contribution >= 4 is 28.4 Å². The van der Waals surface area contributed by atoms with Gasteiger partial charge in [-0.05, 0) is 37.1 Å². The molecule has 2 aromatic heterocycles. The molecule has 0 saturated heterocycles. The normalized spacial score (nSPS) is 12.2. The number of aromatic nitrogens is 2. The van der Waals surface area contributed by atoms with Crippen LogP contribution >= 0.6 is 11.6 Å². The van der Waals surface area contributed by atoms with Crippen molar-refractivity contribution in [3.63, 3.8) is 0 Å². The van der Waals surface area contributed by atoms with E-state index < -0.39 is 0 Å². The number of benzene rings is 1. The summed E-state index contributed by atoms with van der Waals surface area (Å²) in [5.74, 6) is -0.0477. The second-order valence-corrected chi connectivity index (χ2v) is 6.48. The maximum atomic E-state index is 13.2. The number of fused-ring (bicyclic) bond motifs is 1. The first kappa shape index (κ1) is 17.4. The summed E-state index contributed by atoms with van der Waals surface area (Å²) in [4.78, 5) is 23.7. The maximum absolute atomic E-state index is 13.2. The van der Waals surface area contributed by atoms with E-state index >= 15 is 0 Å². The lowest BCUT2D eigenvalue weighted by atomic mass is 10.0. The summed E-state index contributed by atoms with van der Waals surface area (Å²) in [5, 5.41) is 1.33. The third-order valence-corrected chi connectivity index (χ3v) is 4.70. The van der Waals surface area contributed by atoms with Crippen molar-refractivity contribution in [1.82, 2.24) is 14.9 Å². The van der Waals surface area contributed by atoms with Gasteiger partial charge in [-0.3, -0.25) is 14.8 Å². The van der Waals surface area contributed by atoms with Gasteiger partial charge in [-0.2, -0.15) is 0 Å². The Balaban J connectivity index is 2.06. The van der Waals surface area contributed by atoms with Crippen LogP contribution < -0.4 is 0 Å². The van der Waals surface area contributed by atoms with Gasteiger partial charge in [-0.25, -0.2) is 0 Å². The molecular weight excluding hydrogens is 334 g/mol. The molecule has 1 atom stereocenters. The Hall–Kier alpha value is -2.46. The smallest absolute Gasteiger partial charge is 0.254 e. The predicted molar refractivity (Wildman–Crippen MR) is 101 cm³/mol. The first-order chi connectivity index (χ1) is 12.0. The Morgan fingerprint density at radius 3 is 2.76 bits per heavy atom. The summed E-state index contributed by atoms with van der Waals surface area (Å²) in [6.45, 7) is 3.94. The van der Waals surface area contributed by atoms with Gasteiger partial charge in [0.05, 0.1) is 22.1 Å². The van der Waals surface area contributed by atoms with E-state index in [1.165, 1.54) is 0 Å². The fraction of sp³-hybridized carbons (Fsp3) is 0.250. The van der Waals surface area contributed by atoms with E-state index in [9.17, 15) is 4.79 Å². The van der Waals surface area contributed by atoms with Gasteiger partial charge in [0.15, 0.2) is 0 Å². The minimum Gasteiger partial charge on any atom is -0.335 e. The summed E-state index contributed by atoms with van der Waals surface area (Å²) in [7, 11) is 1.83. The number of hydrogen-bond acceptors (Lipinski definition) is 3. The van der Waals surface area contributed by atoms with Gasteiger partial charge in [0, 0.05) is 30.5 Å². The number of aryl methyl sites for hydroxylation is 1. The number of para-hydroxylation sites is 1. The Kier molecular flexibility index (Phi) is 5.00. The molecule has 0 bridgehead atoms. The molecule has 5 heteroatoms. The highest BCUT2D eigenvalue weighted by atomic mass is 35.5. The zero-order valence-corrected chi connectivity index (χ0v) is 15.3. The number of pyridine rings is 2. The van der Waals surface area contributed by atoms with Crippen LogP contribution in [0.15, 0.2) is 48.8 Å². The number of amides is 1. The summed E-state index contributed by atoms with van der Waals surface area (Å²) in [6, 6.07) is 11.2. The zero-order chi connectivity index (χ0) is 18.0. The summed E-state index contributed by atoms with van der Waals surface area (Å²) >= 11 is 6.28.